The van der Waals surface area contributed by atoms with Gasteiger partial charge < -0.3 is 14.4 Å². The predicted molar refractivity (Wildman–Crippen MR) is 88.6 cm³/mol. The van der Waals surface area contributed by atoms with Crippen LogP contribution in [0.2, 0.25) is 0 Å². The molecule has 0 saturated heterocycles. The largest absolute Gasteiger partial charge is 0.493 e. The van der Waals surface area contributed by atoms with E-state index in [1.807, 2.05) is 23.1 Å². The molecule has 1 amide bonds. The molecule has 24 heavy (non-hydrogen) atoms. The molecule has 2 aliphatic rings. The van der Waals surface area contributed by atoms with Crippen LogP contribution < -0.4 is 9.47 Å². The van der Waals surface area contributed by atoms with Crippen molar-refractivity contribution in [2.75, 3.05) is 20.8 Å². The van der Waals surface area contributed by atoms with Gasteiger partial charge in [-0.15, -0.1) is 0 Å². The lowest BCUT2D eigenvalue weighted by Crippen LogP contribution is -2.36. The Hall–Kier alpha value is -2.50. The van der Waals surface area contributed by atoms with Gasteiger partial charge in [-0.1, -0.05) is 0 Å². The van der Waals surface area contributed by atoms with E-state index in [-0.39, 0.29) is 5.91 Å². The molecule has 1 aromatic carbocycles. The van der Waals surface area contributed by atoms with Gasteiger partial charge in [-0.05, 0) is 48.6 Å². The third-order valence-electron chi connectivity index (χ3n) is 4.84. The number of amides is 1. The van der Waals surface area contributed by atoms with Gasteiger partial charge in [0.05, 0.1) is 14.2 Å². The molecule has 126 valence electrons. The number of methoxy groups -OCH3 is 2. The van der Waals surface area contributed by atoms with Gasteiger partial charge in [0.25, 0.3) is 5.91 Å². The molecule has 2 aromatic rings. The van der Waals surface area contributed by atoms with Crippen molar-refractivity contribution in [2.45, 2.75) is 31.7 Å². The minimum absolute atomic E-state index is 0.0152. The second-order valence-electron chi connectivity index (χ2n) is 6.44. The van der Waals surface area contributed by atoms with Gasteiger partial charge in [0.1, 0.15) is 5.69 Å². The summed E-state index contributed by atoms with van der Waals surface area (Å²) in [5, 5.41) is 7.21. The maximum absolute atomic E-state index is 12.7. The first kappa shape index (κ1) is 15.1. The summed E-state index contributed by atoms with van der Waals surface area (Å²) in [7, 11) is 3.26. The molecule has 1 fully saturated rings. The van der Waals surface area contributed by atoms with Gasteiger partial charge in [-0.3, -0.25) is 9.89 Å². The number of carbonyl (C=O) groups excluding carboxylic acids is 1. The van der Waals surface area contributed by atoms with E-state index in [1.165, 1.54) is 18.4 Å². The lowest BCUT2D eigenvalue weighted by molar-refractivity contribution is 0.0728. The minimum atomic E-state index is -0.0152. The number of nitrogens with zero attached hydrogens (tertiary/aromatic N) is 2. The Morgan fingerprint density at radius 1 is 1.17 bits per heavy atom. The van der Waals surface area contributed by atoms with Crippen molar-refractivity contribution < 1.29 is 14.3 Å². The SMILES string of the molecule is COc1cc2c(cc1OC)CN(C(=O)c1cc(C3CC3)[nH]n1)CC2. The van der Waals surface area contributed by atoms with Crippen molar-refractivity contribution in [1.82, 2.24) is 15.1 Å². The van der Waals surface area contributed by atoms with Gasteiger partial charge in [0.2, 0.25) is 0 Å². The molecule has 2 heterocycles. The summed E-state index contributed by atoms with van der Waals surface area (Å²) in [5.74, 6) is 1.98. The van der Waals surface area contributed by atoms with Crippen molar-refractivity contribution in [1.29, 1.82) is 0 Å². The molecule has 1 N–H and O–H groups in total. The number of hydrogen-bond acceptors (Lipinski definition) is 4. The highest BCUT2D eigenvalue weighted by atomic mass is 16.5. The van der Waals surface area contributed by atoms with E-state index in [9.17, 15) is 4.79 Å². The summed E-state index contributed by atoms with van der Waals surface area (Å²) in [4.78, 5) is 14.6. The normalized spacial score (nSPS) is 16.7. The smallest absolute Gasteiger partial charge is 0.274 e. The lowest BCUT2D eigenvalue weighted by atomic mass is 9.98. The molecule has 6 nitrogen and oxygen atoms in total. The molecule has 1 saturated carbocycles. The zero-order valence-corrected chi connectivity index (χ0v) is 14.0. The molecule has 6 heteroatoms. The molecule has 1 aliphatic carbocycles. The van der Waals surface area contributed by atoms with Gasteiger partial charge in [-0.2, -0.15) is 5.10 Å². The highest BCUT2D eigenvalue weighted by Gasteiger charge is 2.29. The van der Waals surface area contributed by atoms with Gasteiger partial charge in [-0.25, -0.2) is 0 Å². The highest BCUT2D eigenvalue weighted by molar-refractivity contribution is 5.92. The van der Waals surface area contributed by atoms with Crippen LogP contribution in [0.3, 0.4) is 0 Å². The molecular formula is C18H21N3O3. The topological polar surface area (TPSA) is 67.5 Å². The zero-order valence-electron chi connectivity index (χ0n) is 14.0. The quantitative estimate of drug-likeness (QED) is 0.937. The number of nitrogens with one attached hydrogen (secondary N) is 1. The summed E-state index contributed by atoms with van der Waals surface area (Å²) in [6.45, 7) is 1.26. The van der Waals surface area contributed by atoms with E-state index >= 15 is 0 Å². The number of fused-ring (bicyclic) bond motifs is 1. The fourth-order valence-electron chi connectivity index (χ4n) is 3.27. The van der Waals surface area contributed by atoms with Crippen LogP contribution in [0.1, 0.15) is 46.1 Å². The van der Waals surface area contributed by atoms with E-state index in [4.69, 9.17) is 9.47 Å². The van der Waals surface area contributed by atoms with Crippen LogP contribution >= 0.6 is 0 Å². The van der Waals surface area contributed by atoms with Crippen LogP contribution in [0.5, 0.6) is 11.5 Å². The van der Waals surface area contributed by atoms with Crippen molar-refractivity contribution in [2.24, 2.45) is 0 Å². The summed E-state index contributed by atoms with van der Waals surface area (Å²) in [6, 6.07) is 5.88. The second kappa shape index (κ2) is 5.85. The summed E-state index contributed by atoms with van der Waals surface area (Å²) in [5.41, 5.74) is 3.91. The lowest BCUT2D eigenvalue weighted by Gasteiger charge is -2.29. The number of H-pyrrole nitrogens is 1. The molecule has 0 unspecified atom stereocenters. The Balaban J connectivity index is 1.55. The summed E-state index contributed by atoms with van der Waals surface area (Å²) in [6.07, 6.45) is 3.18. The van der Waals surface area contributed by atoms with Gasteiger partial charge in [0, 0.05) is 24.7 Å². The Morgan fingerprint density at radius 2 is 1.88 bits per heavy atom. The average molecular weight is 327 g/mol. The van der Waals surface area contributed by atoms with Crippen LogP contribution in [0, 0.1) is 0 Å². The van der Waals surface area contributed by atoms with Gasteiger partial charge >= 0.3 is 0 Å². The fraction of sp³-hybridized carbons (Fsp3) is 0.444. The molecule has 0 radical (unpaired) electrons. The number of ether oxygens (including phenoxy) is 2. The first-order chi connectivity index (χ1) is 11.7. The van der Waals surface area contributed by atoms with Crippen LogP contribution in [0.25, 0.3) is 0 Å². The number of carbonyl (C=O) groups is 1. The number of rotatable bonds is 4. The zero-order chi connectivity index (χ0) is 16.7. The van der Waals surface area contributed by atoms with Crippen molar-refractivity contribution in [3.63, 3.8) is 0 Å². The fourth-order valence-corrected chi connectivity index (χ4v) is 3.27. The maximum atomic E-state index is 12.7. The Morgan fingerprint density at radius 3 is 2.54 bits per heavy atom. The van der Waals surface area contributed by atoms with Crippen LogP contribution in [-0.4, -0.2) is 41.8 Å². The first-order valence-corrected chi connectivity index (χ1v) is 8.28. The number of benzene rings is 1. The van der Waals surface area contributed by atoms with Crippen molar-refractivity contribution >= 4 is 5.91 Å². The Labute approximate surface area is 140 Å². The molecule has 1 aliphatic heterocycles. The molecule has 0 atom stereocenters. The second-order valence-corrected chi connectivity index (χ2v) is 6.44. The summed E-state index contributed by atoms with van der Waals surface area (Å²) < 4.78 is 10.7. The van der Waals surface area contributed by atoms with E-state index in [0.29, 0.717) is 30.5 Å². The molecular weight excluding hydrogens is 306 g/mol. The van der Waals surface area contributed by atoms with Crippen LogP contribution in [0.4, 0.5) is 0 Å². The minimum Gasteiger partial charge on any atom is -0.493 e. The van der Waals surface area contributed by atoms with E-state index < -0.39 is 0 Å². The maximum Gasteiger partial charge on any atom is 0.274 e. The average Bonchev–Trinajstić information content (AvgIpc) is 3.36. The van der Waals surface area contributed by atoms with E-state index in [2.05, 4.69) is 10.2 Å². The third-order valence-corrected chi connectivity index (χ3v) is 4.84. The first-order valence-electron chi connectivity index (χ1n) is 8.28. The highest BCUT2D eigenvalue weighted by Crippen LogP contribution is 2.39. The Bertz CT molecular complexity index is 780. The van der Waals surface area contributed by atoms with E-state index in [0.717, 1.165) is 23.4 Å². The monoisotopic (exact) mass is 327 g/mol. The Kier molecular flexibility index (Phi) is 3.67. The predicted octanol–water partition coefficient (Wildman–Crippen LogP) is 2.50. The number of aromatic amines is 1. The number of aromatic nitrogens is 2. The third kappa shape index (κ3) is 2.62. The molecule has 0 bridgehead atoms. The van der Waals surface area contributed by atoms with Crippen LogP contribution in [0.15, 0.2) is 18.2 Å². The van der Waals surface area contributed by atoms with Crippen molar-refractivity contribution in [3.05, 3.63) is 40.7 Å². The number of hydrogen-bond donors (Lipinski definition) is 1. The molecule has 4 rings (SSSR count). The standard InChI is InChI=1S/C18H21N3O3/c1-23-16-7-12-5-6-21(10-13(12)8-17(16)24-2)18(22)15-9-14(19-20-15)11-3-4-11/h7-9,11H,3-6,10H2,1-2H3,(H,19,20). The van der Waals surface area contributed by atoms with Crippen LogP contribution in [-0.2, 0) is 13.0 Å². The molecule has 1 aromatic heterocycles. The summed E-state index contributed by atoms with van der Waals surface area (Å²) >= 11 is 0. The van der Waals surface area contributed by atoms with E-state index in [1.54, 1.807) is 14.2 Å². The molecule has 0 spiro atoms. The van der Waals surface area contributed by atoms with Gasteiger partial charge in [0.15, 0.2) is 11.5 Å². The van der Waals surface area contributed by atoms with Crippen molar-refractivity contribution in [3.8, 4) is 11.5 Å².